The van der Waals surface area contributed by atoms with Crippen LogP contribution in [0.1, 0.15) is 16.1 Å². The maximum absolute atomic E-state index is 12.3. The van der Waals surface area contributed by atoms with Crippen LogP contribution in [-0.4, -0.2) is 24.5 Å². The van der Waals surface area contributed by atoms with Gasteiger partial charge in [-0.1, -0.05) is 6.07 Å². The van der Waals surface area contributed by atoms with Crippen LogP contribution < -0.4 is 4.72 Å². The number of halogens is 1. The van der Waals surface area contributed by atoms with Gasteiger partial charge >= 0.3 is 5.97 Å². The Kier molecular flexibility index (Phi) is 4.29. The molecular formula is C13H11BrN2O4S. The molecule has 2 rings (SSSR count). The monoisotopic (exact) mass is 370 g/mol. The van der Waals surface area contributed by atoms with Crippen molar-refractivity contribution in [1.82, 2.24) is 4.98 Å². The van der Waals surface area contributed by atoms with Gasteiger partial charge in [-0.05, 0) is 52.7 Å². The topological polar surface area (TPSA) is 96.4 Å². The number of nitrogens with zero attached hydrogens (tertiary/aromatic N) is 1. The Morgan fingerprint density at radius 1 is 1.29 bits per heavy atom. The molecule has 0 unspecified atom stereocenters. The number of carboxylic acids is 1. The summed E-state index contributed by atoms with van der Waals surface area (Å²) in [5.41, 5.74) is 0.811. The molecule has 0 saturated heterocycles. The van der Waals surface area contributed by atoms with Crippen molar-refractivity contribution in [2.24, 2.45) is 0 Å². The van der Waals surface area contributed by atoms with Gasteiger partial charge in [0.2, 0.25) is 0 Å². The molecule has 21 heavy (non-hydrogen) atoms. The van der Waals surface area contributed by atoms with Crippen LogP contribution in [-0.2, 0) is 10.0 Å². The summed E-state index contributed by atoms with van der Waals surface area (Å²) in [6.45, 7) is 1.84. The average Bonchev–Trinajstić information content (AvgIpc) is 2.37. The Labute approximate surface area is 130 Å². The van der Waals surface area contributed by atoms with Crippen molar-refractivity contribution < 1.29 is 18.3 Å². The number of nitrogens with one attached hydrogen (secondary N) is 1. The van der Waals surface area contributed by atoms with Crippen molar-refractivity contribution in [1.29, 1.82) is 0 Å². The summed E-state index contributed by atoms with van der Waals surface area (Å²) in [7, 11) is -3.82. The maximum atomic E-state index is 12.3. The first-order chi connectivity index (χ1) is 9.79. The molecule has 1 aromatic heterocycles. The average molecular weight is 371 g/mol. The van der Waals surface area contributed by atoms with Gasteiger partial charge in [0.25, 0.3) is 10.0 Å². The summed E-state index contributed by atoms with van der Waals surface area (Å²) in [6.07, 6.45) is 1.23. The fraction of sp³-hybridized carbons (Fsp3) is 0.0769. The molecule has 0 atom stereocenters. The van der Waals surface area contributed by atoms with Crippen molar-refractivity contribution in [3.05, 3.63) is 52.3 Å². The minimum absolute atomic E-state index is 0.0711. The minimum atomic E-state index is -3.82. The highest BCUT2D eigenvalue weighted by Gasteiger charge is 2.18. The molecule has 0 spiro atoms. The first-order valence-electron chi connectivity index (χ1n) is 5.78. The van der Waals surface area contributed by atoms with E-state index in [-0.39, 0.29) is 16.3 Å². The number of hydrogen-bond donors (Lipinski definition) is 2. The third-order valence-corrected chi connectivity index (χ3v) is 4.97. The summed E-state index contributed by atoms with van der Waals surface area (Å²) < 4.78 is 27.4. The lowest BCUT2D eigenvalue weighted by Gasteiger charge is -2.10. The highest BCUT2D eigenvalue weighted by atomic mass is 79.9. The fourth-order valence-electron chi connectivity index (χ4n) is 1.64. The van der Waals surface area contributed by atoms with E-state index in [9.17, 15) is 13.2 Å². The van der Waals surface area contributed by atoms with E-state index in [0.29, 0.717) is 4.47 Å². The predicted octanol–water partition coefficient (Wildman–Crippen LogP) is 2.65. The van der Waals surface area contributed by atoms with Gasteiger partial charge in [0.05, 0.1) is 5.69 Å². The SMILES string of the molecule is Cc1ccc(S(=O)(=O)Nc2ccnc(C(=O)O)c2)c(Br)c1. The summed E-state index contributed by atoms with van der Waals surface area (Å²) in [6, 6.07) is 7.37. The molecule has 0 saturated carbocycles. The van der Waals surface area contributed by atoms with E-state index in [0.717, 1.165) is 11.6 Å². The zero-order valence-electron chi connectivity index (χ0n) is 10.9. The zero-order valence-corrected chi connectivity index (χ0v) is 13.3. The van der Waals surface area contributed by atoms with E-state index in [4.69, 9.17) is 5.11 Å². The van der Waals surface area contributed by atoms with E-state index in [2.05, 4.69) is 25.6 Å². The van der Waals surface area contributed by atoms with E-state index in [1.54, 1.807) is 12.1 Å². The maximum Gasteiger partial charge on any atom is 0.354 e. The molecule has 2 aromatic rings. The van der Waals surface area contributed by atoms with Gasteiger partial charge in [-0.2, -0.15) is 0 Å². The van der Waals surface area contributed by atoms with Gasteiger partial charge in [0, 0.05) is 10.7 Å². The van der Waals surface area contributed by atoms with E-state index >= 15 is 0 Å². The molecule has 2 N–H and O–H groups in total. The molecule has 1 aromatic carbocycles. The number of carbonyl (C=O) groups is 1. The number of carboxylic acid groups (broad SMARTS) is 1. The molecule has 0 fully saturated rings. The Bertz CT molecular complexity index is 806. The van der Waals surface area contributed by atoms with Crippen LogP contribution in [0.5, 0.6) is 0 Å². The van der Waals surface area contributed by atoms with Crippen molar-refractivity contribution in [2.45, 2.75) is 11.8 Å². The van der Waals surface area contributed by atoms with E-state index in [1.165, 1.54) is 18.3 Å². The zero-order chi connectivity index (χ0) is 15.6. The van der Waals surface area contributed by atoms with Crippen LogP contribution in [0.15, 0.2) is 45.9 Å². The van der Waals surface area contributed by atoms with Crippen LogP contribution >= 0.6 is 15.9 Å². The van der Waals surface area contributed by atoms with Gasteiger partial charge in [-0.15, -0.1) is 0 Å². The number of aryl methyl sites for hydroxylation is 1. The van der Waals surface area contributed by atoms with Gasteiger partial charge < -0.3 is 5.11 Å². The quantitative estimate of drug-likeness (QED) is 0.862. The lowest BCUT2D eigenvalue weighted by atomic mass is 10.2. The second kappa shape index (κ2) is 5.82. The third kappa shape index (κ3) is 3.59. The predicted molar refractivity (Wildman–Crippen MR) is 80.9 cm³/mol. The lowest BCUT2D eigenvalue weighted by molar-refractivity contribution is 0.0690. The molecular weight excluding hydrogens is 360 g/mol. The molecule has 8 heteroatoms. The molecule has 0 aliphatic rings. The highest BCUT2D eigenvalue weighted by Crippen LogP contribution is 2.25. The van der Waals surface area contributed by atoms with Crippen LogP contribution in [0.4, 0.5) is 5.69 Å². The number of sulfonamides is 1. The number of aromatic carboxylic acids is 1. The number of anilines is 1. The third-order valence-electron chi connectivity index (χ3n) is 2.61. The molecule has 0 amide bonds. The normalized spacial score (nSPS) is 11.1. The van der Waals surface area contributed by atoms with Gasteiger partial charge in [-0.25, -0.2) is 18.2 Å². The van der Waals surface area contributed by atoms with Crippen LogP contribution in [0, 0.1) is 6.92 Å². The van der Waals surface area contributed by atoms with Gasteiger partial charge in [0.1, 0.15) is 10.6 Å². The second-order valence-corrected chi connectivity index (χ2v) is 6.78. The molecule has 0 radical (unpaired) electrons. The van der Waals surface area contributed by atoms with Crippen molar-refractivity contribution in [3.8, 4) is 0 Å². The first kappa shape index (κ1) is 15.5. The Balaban J connectivity index is 2.37. The molecule has 110 valence electrons. The number of pyridine rings is 1. The Morgan fingerprint density at radius 3 is 2.62 bits per heavy atom. The van der Waals surface area contributed by atoms with Crippen molar-refractivity contribution >= 4 is 37.6 Å². The summed E-state index contributed by atoms with van der Waals surface area (Å²) in [5.74, 6) is -1.23. The minimum Gasteiger partial charge on any atom is -0.477 e. The lowest BCUT2D eigenvalue weighted by Crippen LogP contribution is -2.14. The van der Waals surface area contributed by atoms with Crippen LogP contribution in [0.3, 0.4) is 0 Å². The van der Waals surface area contributed by atoms with Crippen LogP contribution in [0.2, 0.25) is 0 Å². The molecule has 0 aliphatic heterocycles. The van der Waals surface area contributed by atoms with Crippen molar-refractivity contribution in [2.75, 3.05) is 4.72 Å². The molecule has 0 aliphatic carbocycles. The summed E-state index contributed by atoms with van der Waals surface area (Å²) >= 11 is 3.21. The number of hydrogen-bond acceptors (Lipinski definition) is 4. The van der Waals surface area contributed by atoms with Crippen molar-refractivity contribution in [3.63, 3.8) is 0 Å². The number of rotatable bonds is 4. The largest absolute Gasteiger partial charge is 0.477 e. The molecule has 0 bridgehead atoms. The summed E-state index contributed by atoms with van der Waals surface area (Å²) in [5, 5.41) is 8.85. The second-order valence-electron chi connectivity index (χ2n) is 4.27. The standard InChI is InChI=1S/C13H11BrN2O4S/c1-8-2-3-12(10(14)6-8)21(19,20)16-9-4-5-15-11(7-9)13(17)18/h2-7H,1H3,(H,15,16)(H,17,18). The number of aromatic nitrogens is 1. The Hall–Kier alpha value is -1.93. The smallest absolute Gasteiger partial charge is 0.354 e. The number of benzene rings is 1. The van der Waals surface area contributed by atoms with Gasteiger partial charge in [0.15, 0.2) is 0 Å². The highest BCUT2D eigenvalue weighted by molar-refractivity contribution is 9.10. The fourth-order valence-corrected chi connectivity index (χ4v) is 3.89. The molecule has 6 nitrogen and oxygen atoms in total. The van der Waals surface area contributed by atoms with Crippen LogP contribution in [0.25, 0.3) is 0 Å². The summed E-state index contributed by atoms with van der Waals surface area (Å²) in [4.78, 5) is 14.5. The van der Waals surface area contributed by atoms with Gasteiger partial charge in [-0.3, -0.25) is 4.72 Å². The Morgan fingerprint density at radius 2 is 2.00 bits per heavy atom. The first-order valence-corrected chi connectivity index (χ1v) is 8.05. The van der Waals surface area contributed by atoms with E-state index in [1.807, 2.05) is 6.92 Å². The molecule has 1 heterocycles. The van der Waals surface area contributed by atoms with E-state index < -0.39 is 16.0 Å².